The zero-order valence-corrected chi connectivity index (χ0v) is 19.4. The number of H-pyrrole nitrogens is 1. The van der Waals surface area contributed by atoms with Gasteiger partial charge in [0.15, 0.2) is 5.96 Å². The lowest BCUT2D eigenvalue weighted by Gasteiger charge is -2.33. The quantitative estimate of drug-likeness (QED) is 0.347. The van der Waals surface area contributed by atoms with Crippen LogP contribution in [0.5, 0.6) is 0 Å². The molecule has 0 radical (unpaired) electrons. The second-order valence-corrected chi connectivity index (χ2v) is 7.04. The lowest BCUT2D eigenvalue weighted by molar-refractivity contribution is 0.110. The summed E-state index contributed by atoms with van der Waals surface area (Å²) in [7, 11) is 1.71. The number of methoxy groups -OCH3 is 1. The first-order chi connectivity index (χ1) is 13.2. The Bertz CT molecular complexity index is 734. The number of rotatable bonds is 6. The van der Waals surface area contributed by atoms with Gasteiger partial charge in [0, 0.05) is 37.7 Å². The van der Waals surface area contributed by atoms with Crippen LogP contribution in [0.1, 0.15) is 43.2 Å². The van der Waals surface area contributed by atoms with Crippen molar-refractivity contribution in [1.29, 1.82) is 0 Å². The Balaban J connectivity index is 0.00000280. The number of aromatic nitrogens is 3. The third-order valence-corrected chi connectivity index (χ3v) is 5.10. The summed E-state index contributed by atoms with van der Waals surface area (Å²) < 4.78 is 5.64. The molecule has 1 aromatic heterocycles. The number of aliphatic imine (C=N–C) groups is 1. The van der Waals surface area contributed by atoms with Gasteiger partial charge in [0.1, 0.15) is 18.3 Å². The smallest absolute Gasteiger partial charge is 0.194 e. The van der Waals surface area contributed by atoms with Crippen molar-refractivity contribution in [2.45, 2.75) is 31.8 Å². The van der Waals surface area contributed by atoms with E-state index in [-0.39, 0.29) is 30.1 Å². The molecular weight excluding hydrogens is 491 g/mol. The highest BCUT2D eigenvalue weighted by Crippen LogP contribution is 2.25. The van der Waals surface area contributed by atoms with E-state index < -0.39 is 0 Å². The number of likely N-dealkylation sites (tertiary alicyclic amines) is 1. The third kappa shape index (κ3) is 6.05. The Hall–Kier alpha value is -1.39. The zero-order valence-electron chi connectivity index (χ0n) is 16.3. The maximum atomic E-state index is 6.11. The highest BCUT2D eigenvalue weighted by atomic mass is 127. The minimum atomic E-state index is -0.121. The van der Waals surface area contributed by atoms with Gasteiger partial charge in [-0.25, -0.2) is 4.98 Å². The molecule has 2 aromatic rings. The molecule has 1 aliphatic rings. The predicted octanol–water partition coefficient (Wildman–Crippen LogP) is 3.61. The summed E-state index contributed by atoms with van der Waals surface area (Å²) in [4.78, 5) is 11.4. The first kappa shape index (κ1) is 22.9. The van der Waals surface area contributed by atoms with E-state index in [1.54, 1.807) is 13.4 Å². The van der Waals surface area contributed by atoms with Crippen molar-refractivity contribution in [2.75, 3.05) is 33.3 Å². The summed E-state index contributed by atoms with van der Waals surface area (Å²) in [5.74, 6) is 2.35. The molecule has 1 fully saturated rings. The van der Waals surface area contributed by atoms with Crippen molar-refractivity contribution in [3.05, 3.63) is 47.0 Å². The number of hydrogen-bond donors (Lipinski definition) is 2. The van der Waals surface area contributed by atoms with Crippen LogP contribution in [0.15, 0.2) is 35.6 Å². The number of nitrogens with one attached hydrogen (secondary N) is 2. The van der Waals surface area contributed by atoms with E-state index in [9.17, 15) is 0 Å². The molecule has 0 bridgehead atoms. The van der Waals surface area contributed by atoms with E-state index in [4.69, 9.17) is 21.3 Å². The van der Waals surface area contributed by atoms with Crippen LogP contribution in [0.3, 0.4) is 0 Å². The van der Waals surface area contributed by atoms with Crippen LogP contribution in [0.4, 0.5) is 0 Å². The molecule has 9 heteroatoms. The second-order valence-electron chi connectivity index (χ2n) is 6.61. The fourth-order valence-electron chi connectivity index (χ4n) is 3.39. The van der Waals surface area contributed by atoms with Crippen LogP contribution in [-0.4, -0.2) is 59.3 Å². The fourth-order valence-corrected chi connectivity index (χ4v) is 3.59. The molecule has 1 aliphatic heterocycles. The lowest BCUT2D eigenvalue weighted by atomic mass is 9.96. The normalized spacial score (nSPS) is 16.5. The Labute approximate surface area is 188 Å². The number of ether oxygens (including phenoxy) is 1. The molecule has 7 nitrogen and oxygen atoms in total. The Kier molecular flexibility index (Phi) is 9.46. The number of halogens is 2. The van der Waals surface area contributed by atoms with E-state index in [2.05, 4.69) is 32.3 Å². The van der Waals surface area contributed by atoms with Crippen molar-refractivity contribution in [1.82, 2.24) is 25.4 Å². The molecule has 1 unspecified atom stereocenters. The van der Waals surface area contributed by atoms with Crippen LogP contribution >= 0.6 is 35.6 Å². The number of guanidine groups is 1. The molecule has 3 rings (SSSR count). The first-order valence-corrected chi connectivity index (χ1v) is 9.75. The molecular formula is C19H28ClIN6O. The highest BCUT2D eigenvalue weighted by Gasteiger charge is 2.24. The van der Waals surface area contributed by atoms with Crippen molar-refractivity contribution in [3.8, 4) is 0 Å². The average Bonchev–Trinajstić information content (AvgIpc) is 3.23. The van der Waals surface area contributed by atoms with Crippen LogP contribution in [0.2, 0.25) is 5.02 Å². The lowest BCUT2D eigenvalue weighted by Crippen LogP contribution is -2.45. The second kappa shape index (κ2) is 11.6. The maximum absolute atomic E-state index is 6.11. The minimum Gasteiger partial charge on any atom is -0.375 e. The number of nitrogens with zero attached hydrogens (tertiary/aromatic N) is 4. The fraction of sp³-hybridized carbons (Fsp3) is 0.526. The molecule has 2 heterocycles. The van der Waals surface area contributed by atoms with Crippen molar-refractivity contribution < 1.29 is 4.74 Å². The van der Waals surface area contributed by atoms with E-state index in [0.717, 1.165) is 49.8 Å². The largest absolute Gasteiger partial charge is 0.375 e. The molecule has 1 aromatic carbocycles. The summed E-state index contributed by atoms with van der Waals surface area (Å²) in [5.41, 5.74) is 1.04. The van der Waals surface area contributed by atoms with E-state index in [1.807, 2.05) is 24.3 Å². The standard InChI is InChI=1S/C19H27ClN6O.HI/c1-3-21-19(22-12-17(27-2)15-5-4-6-16(20)11-15)26-9-7-14(8-10-26)18-23-13-24-25-18;/h4-6,11,13-14,17H,3,7-10,12H2,1-2H3,(H,21,22)(H,23,24,25);1H. The van der Waals surface area contributed by atoms with Gasteiger partial charge in [0.05, 0.1) is 6.54 Å². The highest BCUT2D eigenvalue weighted by molar-refractivity contribution is 14.0. The number of hydrogen-bond acceptors (Lipinski definition) is 4. The predicted molar refractivity (Wildman–Crippen MR) is 123 cm³/mol. The monoisotopic (exact) mass is 518 g/mol. The minimum absolute atomic E-state index is 0. The summed E-state index contributed by atoms with van der Waals surface area (Å²) in [6.45, 7) is 5.33. The van der Waals surface area contributed by atoms with Crippen molar-refractivity contribution >= 4 is 41.5 Å². The molecule has 2 N–H and O–H groups in total. The van der Waals surface area contributed by atoms with E-state index in [0.29, 0.717) is 17.5 Å². The Morgan fingerprint density at radius 1 is 1.43 bits per heavy atom. The Morgan fingerprint density at radius 2 is 2.21 bits per heavy atom. The van der Waals surface area contributed by atoms with Gasteiger partial charge in [-0.1, -0.05) is 23.7 Å². The number of piperidine rings is 1. The molecule has 28 heavy (non-hydrogen) atoms. The summed E-state index contributed by atoms with van der Waals surface area (Å²) in [6.07, 6.45) is 3.51. The first-order valence-electron chi connectivity index (χ1n) is 9.38. The molecule has 154 valence electrons. The molecule has 1 atom stereocenters. The van der Waals surface area contributed by atoms with Gasteiger partial charge in [0.25, 0.3) is 0 Å². The van der Waals surface area contributed by atoms with Crippen molar-refractivity contribution in [3.63, 3.8) is 0 Å². The van der Waals surface area contributed by atoms with Gasteiger partial charge < -0.3 is 15.0 Å². The average molecular weight is 519 g/mol. The van der Waals surface area contributed by atoms with Gasteiger partial charge in [0.2, 0.25) is 0 Å². The number of benzene rings is 1. The molecule has 1 saturated heterocycles. The Morgan fingerprint density at radius 3 is 2.82 bits per heavy atom. The molecule has 0 saturated carbocycles. The van der Waals surface area contributed by atoms with Gasteiger partial charge >= 0.3 is 0 Å². The van der Waals surface area contributed by atoms with E-state index >= 15 is 0 Å². The van der Waals surface area contributed by atoms with Crippen LogP contribution < -0.4 is 5.32 Å². The summed E-state index contributed by atoms with van der Waals surface area (Å²) in [5, 5.41) is 11.1. The summed E-state index contributed by atoms with van der Waals surface area (Å²) in [6, 6.07) is 7.75. The summed E-state index contributed by atoms with van der Waals surface area (Å²) >= 11 is 6.11. The topological polar surface area (TPSA) is 78.4 Å². The molecule has 0 spiro atoms. The third-order valence-electron chi connectivity index (χ3n) is 4.86. The van der Waals surface area contributed by atoms with Crippen LogP contribution in [0.25, 0.3) is 0 Å². The zero-order chi connectivity index (χ0) is 19.1. The van der Waals surface area contributed by atoms with Gasteiger partial charge in [-0.05, 0) is 37.5 Å². The van der Waals surface area contributed by atoms with Crippen LogP contribution in [-0.2, 0) is 4.74 Å². The van der Waals surface area contributed by atoms with Gasteiger partial charge in [-0.3, -0.25) is 10.1 Å². The SMILES string of the molecule is CCNC(=NCC(OC)c1cccc(Cl)c1)N1CCC(c2ncn[nH]2)CC1.I. The van der Waals surface area contributed by atoms with E-state index in [1.165, 1.54) is 0 Å². The molecule has 0 amide bonds. The van der Waals surface area contributed by atoms with Gasteiger partial charge in [-0.2, -0.15) is 5.10 Å². The maximum Gasteiger partial charge on any atom is 0.194 e. The molecule has 0 aliphatic carbocycles. The van der Waals surface area contributed by atoms with Crippen LogP contribution in [0, 0.1) is 0 Å². The van der Waals surface area contributed by atoms with Crippen molar-refractivity contribution in [2.24, 2.45) is 4.99 Å². The van der Waals surface area contributed by atoms with Gasteiger partial charge in [-0.15, -0.1) is 24.0 Å². The number of aromatic amines is 1.